The molecule has 0 N–H and O–H groups in total. The van der Waals surface area contributed by atoms with Crippen molar-refractivity contribution in [3.63, 3.8) is 0 Å². The molecule has 4 heteroatoms. The van der Waals surface area contributed by atoms with Crippen molar-refractivity contribution in [1.29, 1.82) is 0 Å². The van der Waals surface area contributed by atoms with Crippen molar-refractivity contribution < 1.29 is 9.18 Å². The van der Waals surface area contributed by atoms with Crippen LogP contribution in [-0.4, -0.2) is 34.3 Å². The van der Waals surface area contributed by atoms with Crippen LogP contribution in [0.5, 0.6) is 0 Å². The van der Waals surface area contributed by atoms with Crippen LogP contribution in [0.2, 0.25) is 0 Å². The molecule has 2 heterocycles. The van der Waals surface area contributed by atoms with Crippen molar-refractivity contribution >= 4 is 5.91 Å². The Morgan fingerprint density at radius 3 is 2.37 bits per heavy atom. The molecule has 30 heavy (non-hydrogen) atoms. The Morgan fingerprint density at radius 2 is 1.70 bits per heavy atom. The summed E-state index contributed by atoms with van der Waals surface area (Å²) in [5.74, 6) is -0.604. The number of hydrogen-bond acceptors (Lipinski definition) is 2. The Hall–Kier alpha value is -2.20. The van der Waals surface area contributed by atoms with Gasteiger partial charge in [0.2, 0.25) is 0 Å². The Bertz CT molecular complexity index is 864. The molecular formula is C26H33FN2O. The van der Waals surface area contributed by atoms with Crippen molar-refractivity contribution in [2.75, 3.05) is 6.54 Å². The maximum atomic E-state index is 14.4. The van der Waals surface area contributed by atoms with Crippen molar-refractivity contribution in [3.05, 3.63) is 70.5 Å². The van der Waals surface area contributed by atoms with Crippen LogP contribution in [0.4, 0.5) is 4.39 Å². The van der Waals surface area contributed by atoms with E-state index in [9.17, 15) is 9.18 Å². The van der Waals surface area contributed by atoms with Gasteiger partial charge in [-0.05, 0) is 75.6 Å². The third-order valence-electron chi connectivity index (χ3n) is 7.06. The molecule has 0 radical (unpaired) electrons. The van der Waals surface area contributed by atoms with Crippen LogP contribution < -0.4 is 0 Å². The second-order valence-corrected chi connectivity index (χ2v) is 9.13. The Labute approximate surface area is 179 Å². The van der Waals surface area contributed by atoms with Gasteiger partial charge in [0.25, 0.3) is 5.91 Å². The molecular weight excluding hydrogens is 375 g/mol. The lowest BCUT2D eigenvalue weighted by molar-refractivity contribution is 0.0606. The van der Waals surface area contributed by atoms with E-state index >= 15 is 0 Å². The lowest BCUT2D eigenvalue weighted by Gasteiger charge is -2.36. The molecule has 0 aromatic heterocycles. The number of nitrogens with zero attached hydrogens (tertiary/aromatic N) is 2. The van der Waals surface area contributed by atoms with Gasteiger partial charge in [-0.15, -0.1) is 0 Å². The molecule has 0 spiro atoms. The number of rotatable bonds is 4. The number of amides is 1. The van der Waals surface area contributed by atoms with Crippen molar-refractivity contribution in [3.8, 4) is 0 Å². The molecule has 0 saturated carbocycles. The SMILES string of the molecule is Cc1cccc(F)c1C(=O)N1CCCCC1c1ccc(CN2C(C)CCC2C)cc1. The molecule has 4 rings (SSSR count). The first-order valence-corrected chi connectivity index (χ1v) is 11.4. The molecule has 3 nitrogen and oxygen atoms in total. The summed E-state index contributed by atoms with van der Waals surface area (Å²) in [5.41, 5.74) is 3.40. The zero-order valence-corrected chi connectivity index (χ0v) is 18.4. The number of likely N-dealkylation sites (tertiary alicyclic amines) is 2. The predicted octanol–water partition coefficient (Wildman–Crippen LogP) is 5.87. The summed E-state index contributed by atoms with van der Waals surface area (Å²) in [5, 5.41) is 0. The molecule has 2 saturated heterocycles. The molecule has 2 fully saturated rings. The van der Waals surface area contributed by atoms with Crippen molar-refractivity contribution in [2.45, 2.75) is 77.5 Å². The summed E-state index contributed by atoms with van der Waals surface area (Å²) < 4.78 is 14.4. The van der Waals surface area contributed by atoms with E-state index < -0.39 is 5.82 Å². The van der Waals surface area contributed by atoms with Crippen LogP contribution in [0, 0.1) is 12.7 Å². The van der Waals surface area contributed by atoms with Gasteiger partial charge in [-0.25, -0.2) is 4.39 Å². The minimum absolute atomic E-state index is 0.0175. The number of halogens is 1. The maximum absolute atomic E-state index is 14.4. The van der Waals surface area contributed by atoms with Gasteiger partial charge in [-0.1, -0.05) is 36.4 Å². The normalized spacial score (nSPS) is 24.9. The molecule has 3 unspecified atom stereocenters. The zero-order valence-electron chi connectivity index (χ0n) is 18.4. The number of hydrogen-bond donors (Lipinski definition) is 0. The summed E-state index contributed by atoms with van der Waals surface area (Å²) in [6, 6.07) is 14.9. The van der Waals surface area contributed by atoms with Gasteiger partial charge in [0.05, 0.1) is 11.6 Å². The third-order valence-corrected chi connectivity index (χ3v) is 7.06. The van der Waals surface area contributed by atoms with E-state index in [2.05, 4.69) is 43.0 Å². The van der Waals surface area contributed by atoms with E-state index in [0.717, 1.165) is 31.4 Å². The van der Waals surface area contributed by atoms with Crippen LogP contribution >= 0.6 is 0 Å². The summed E-state index contributed by atoms with van der Waals surface area (Å²) in [6.07, 6.45) is 5.54. The van der Waals surface area contributed by atoms with Gasteiger partial charge < -0.3 is 4.90 Å². The van der Waals surface area contributed by atoms with Crippen LogP contribution in [0.15, 0.2) is 42.5 Å². The highest BCUT2D eigenvalue weighted by Crippen LogP contribution is 2.34. The van der Waals surface area contributed by atoms with E-state index in [1.54, 1.807) is 6.07 Å². The molecule has 0 bridgehead atoms. The smallest absolute Gasteiger partial charge is 0.257 e. The van der Waals surface area contributed by atoms with Gasteiger partial charge in [-0.3, -0.25) is 9.69 Å². The molecule has 0 aliphatic carbocycles. The second-order valence-electron chi connectivity index (χ2n) is 9.13. The standard InChI is InChI=1S/C26H33FN2O/c1-18-7-6-8-23(27)25(18)26(30)28-16-5-4-9-24(28)22-14-12-21(13-15-22)17-29-19(2)10-11-20(29)3/h6-8,12-15,19-20,24H,4-5,9-11,16-17H2,1-3H3. The fourth-order valence-corrected chi connectivity index (χ4v) is 5.18. The maximum Gasteiger partial charge on any atom is 0.257 e. The second kappa shape index (κ2) is 8.89. The Kier molecular flexibility index (Phi) is 6.24. The van der Waals surface area contributed by atoms with Gasteiger partial charge >= 0.3 is 0 Å². The summed E-state index contributed by atoms with van der Waals surface area (Å²) in [7, 11) is 0. The first-order valence-electron chi connectivity index (χ1n) is 11.4. The fourth-order valence-electron chi connectivity index (χ4n) is 5.18. The monoisotopic (exact) mass is 408 g/mol. The van der Waals surface area contributed by atoms with Crippen LogP contribution in [0.1, 0.15) is 79.0 Å². The van der Waals surface area contributed by atoms with Crippen LogP contribution in [-0.2, 0) is 6.54 Å². The van der Waals surface area contributed by atoms with Crippen LogP contribution in [0.25, 0.3) is 0 Å². The molecule has 2 aromatic rings. The van der Waals surface area contributed by atoms with Gasteiger partial charge in [0, 0.05) is 25.2 Å². The van der Waals surface area contributed by atoms with Crippen molar-refractivity contribution in [1.82, 2.24) is 9.80 Å². The Morgan fingerprint density at radius 1 is 1.00 bits per heavy atom. The first-order chi connectivity index (χ1) is 14.5. The summed E-state index contributed by atoms with van der Waals surface area (Å²) in [4.78, 5) is 17.7. The van der Waals surface area contributed by atoms with Gasteiger partial charge in [0.1, 0.15) is 5.82 Å². The minimum atomic E-state index is -0.423. The largest absolute Gasteiger partial charge is 0.332 e. The van der Waals surface area contributed by atoms with Gasteiger partial charge in [-0.2, -0.15) is 0 Å². The van der Waals surface area contributed by atoms with Gasteiger partial charge in [0.15, 0.2) is 0 Å². The molecule has 160 valence electrons. The number of benzene rings is 2. The quantitative estimate of drug-likeness (QED) is 0.631. The average molecular weight is 409 g/mol. The predicted molar refractivity (Wildman–Crippen MR) is 119 cm³/mol. The number of aryl methyl sites for hydroxylation is 1. The lowest BCUT2D eigenvalue weighted by atomic mass is 9.93. The summed E-state index contributed by atoms with van der Waals surface area (Å²) in [6.45, 7) is 8.10. The van der Waals surface area contributed by atoms with E-state index in [1.807, 2.05) is 17.9 Å². The number of piperidine rings is 1. The number of carbonyl (C=O) groups is 1. The topological polar surface area (TPSA) is 23.6 Å². The van der Waals surface area contributed by atoms with E-state index in [0.29, 0.717) is 24.2 Å². The van der Waals surface area contributed by atoms with E-state index in [-0.39, 0.29) is 17.5 Å². The molecule has 2 aromatic carbocycles. The highest BCUT2D eigenvalue weighted by molar-refractivity contribution is 5.96. The number of carbonyl (C=O) groups excluding carboxylic acids is 1. The molecule has 2 aliphatic heterocycles. The third kappa shape index (κ3) is 4.15. The Balaban J connectivity index is 1.53. The van der Waals surface area contributed by atoms with Crippen LogP contribution in [0.3, 0.4) is 0 Å². The zero-order chi connectivity index (χ0) is 21.3. The first kappa shape index (κ1) is 21.0. The fraction of sp³-hybridized carbons (Fsp3) is 0.500. The molecule has 1 amide bonds. The summed E-state index contributed by atoms with van der Waals surface area (Å²) >= 11 is 0. The van der Waals surface area contributed by atoms with E-state index in [1.165, 1.54) is 24.5 Å². The molecule has 3 atom stereocenters. The van der Waals surface area contributed by atoms with E-state index in [4.69, 9.17) is 0 Å². The van der Waals surface area contributed by atoms with Crippen molar-refractivity contribution in [2.24, 2.45) is 0 Å². The highest BCUT2D eigenvalue weighted by atomic mass is 19.1. The average Bonchev–Trinajstić information content (AvgIpc) is 3.06. The highest BCUT2D eigenvalue weighted by Gasteiger charge is 2.31. The lowest BCUT2D eigenvalue weighted by Crippen LogP contribution is -2.39. The minimum Gasteiger partial charge on any atom is -0.332 e. The molecule has 2 aliphatic rings.